The molecule has 0 atom stereocenters. The molecular weight excluding hydrogens is 172 g/mol. The van der Waals surface area contributed by atoms with Gasteiger partial charge in [0.25, 0.3) is 0 Å². The van der Waals surface area contributed by atoms with Crippen molar-refractivity contribution in [1.29, 1.82) is 0 Å². The molecule has 0 aliphatic heterocycles. The smallest absolute Gasteiger partial charge is 0.0494 e. The second kappa shape index (κ2) is 11.0. The molecule has 0 heterocycles. The van der Waals surface area contributed by atoms with Gasteiger partial charge < -0.3 is 4.74 Å². The lowest BCUT2D eigenvalue weighted by Gasteiger charge is -2.12. The molecular formula is C13H27O. The summed E-state index contributed by atoms with van der Waals surface area (Å²) < 4.78 is 5.64. The lowest BCUT2D eigenvalue weighted by Crippen LogP contribution is -2.08. The maximum atomic E-state index is 5.64. The minimum Gasteiger partial charge on any atom is -0.381 e. The molecule has 85 valence electrons. The summed E-state index contributed by atoms with van der Waals surface area (Å²) in [5.41, 5.74) is 0. The highest BCUT2D eigenvalue weighted by Gasteiger charge is 2.02. The van der Waals surface area contributed by atoms with Crippen molar-refractivity contribution in [2.75, 3.05) is 13.2 Å². The SMILES string of the molecule is [CH2]CCCCCCOCC(CC)CC. The number of unbranched alkanes of at least 4 members (excludes halogenated alkanes) is 4. The van der Waals surface area contributed by atoms with E-state index in [0.717, 1.165) is 25.6 Å². The Balaban J connectivity index is 3.04. The second-order valence-electron chi connectivity index (χ2n) is 4.03. The van der Waals surface area contributed by atoms with Gasteiger partial charge in [-0.15, -0.1) is 0 Å². The van der Waals surface area contributed by atoms with E-state index in [-0.39, 0.29) is 0 Å². The van der Waals surface area contributed by atoms with Gasteiger partial charge in [-0.25, -0.2) is 0 Å². The van der Waals surface area contributed by atoms with E-state index in [1.54, 1.807) is 0 Å². The van der Waals surface area contributed by atoms with Gasteiger partial charge >= 0.3 is 0 Å². The molecule has 1 heteroatoms. The fourth-order valence-corrected chi connectivity index (χ4v) is 1.51. The standard InChI is InChI=1S/C13H27O/c1-4-7-8-9-10-11-14-12-13(5-2)6-3/h13H,1,4-12H2,2-3H3. The van der Waals surface area contributed by atoms with Gasteiger partial charge in [0, 0.05) is 13.2 Å². The van der Waals surface area contributed by atoms with Gasteiger partial charge in [0.15, 0.2) is 0 Å². The third-order valence-electron chi connectivity index (χ3n) is 2.80. The Kier molecular flexibility index (Phi) is 11.0. The van der Waals surface area contributed by atoms with Crippen LogP contribution in [-0.4, -0.2) is 13.2 Å². The van der Waals surface area contributed by atoms with Crippen LogP contribution in [0.5, 0.6) is 0 Å². The van der Waals surface area contributed by atoms with Crippen molar-refractivity contribution >= 4 is 0 Å². The van der Waals surface area contributed by atoms with Gasteiger partial charge in [-0.1, -0.05) is 59.3 Å². The lowest BCUT2D eigenvalue weighted by molar-refractivity contribution is 0.0933. The van der Waals surface area contributed by atoms with Crippen molar-refractivity contribution in [2.45, 2.75) is 58.8 Å². The third kappa shape index (κ3) is 8.55. The molecule has 0 fully saturated rings. The zero-order chi connectivity index (χ0) is 10.6. The van der Waals surface area contributed by atoms with Crippen LogP contribution >= 0.6 is 0 Å². The second-order valence-corrected chi connectivity index (χ2v) is 4.03. The van der Waals surface area contributed by atoms with E-state index in [1.165, 1.54) is 38.5 Å². The molecule has 0 saturated heterocycles. The highest BCUT2D eigenvalue weighted by Crippen LogP contribution is 2.08. The van der Waals surface area contributed by atoms with Gasteiger partial charge in [0.05, 0.1) is 0 Å². The summed E-state index contributed by atoms with van der Waals surface area (Å²) in [6.07, 6.45) is 8.69. The molecule has 0 unspecified atom stereocenters. The summed E-state index contributed by atoms with van der Waals surface area (Å²) in [5, 5.41) is 0. The summed E-state index contributed by atoms with van der Waals surface area (Å²) >= 11 is 0. The molecule has 0 aromatic rings. The van der Waals surface area contributed by atoms with E-state index < -0.39 is 0 Å². The fourth-order valence-electron chi connectivity index (χ4n) is 1.51. The summed E-state index contributed by atoms with van der Waals surface area (Å²) in [7, 11) is 0. The highest BCUT2D eigenvalue weighted by molar-refractivity contribution is 4.52. The molecule has 14 heavy (non-hydrogen) atoms. The first-order chi connectivity index (χ1) is 6.85. The van der Waals surface area contributed by atoms with Crippen LogP contribution in [0.4, 0.5) is 0 Å². The zero-order valence-electron chi connectivity index (χ0n) is 10.1. The molecule has 0 aromatic carbocycles. The Morgan fingerprint density at radius 2 is 1.64 bits per heavy atom. The number of rotatable bonds is 10. The predicted octanol–water partition coefficient (Wildman–Crippen LogP) is 4.22. The van der Waals surface area contributed by atoms with E-state index in [2.05, 4.69) is 20.8 Å². The van der Waals surface area contributed by atoms with Crippen LogP contribution in [0.2, 0.25) is 0 Å². The highest BCUT2D eigenvalue weighted by atomic mass is 16.5. The predicted molar refractivity (Wildman–Crippen MR) is 63.3 cm³/mol. The monoisotopic (exact) mass is 199 g/mol. The molecule has 0 saturated carbocycles. The van der Waals surface area contributed by atoms with Crippen LogP contribution in [0.25, 0.3) is 0 Å². The van der Waals surface area contributed by atoms with Crippen LogP contribution < -0.4 is 0 Å². The van der Waals surface area contributed by atoms with Crippen LogP contribution in [0, 0.1) is 12.8 Å². The largest absolute Gasteiger partial charge is 0.381 e. The van der Waals surface area contributed by atoms with E-state index in [0.29, 0.717) is 0 Å². The molecule has 0 amide bonds. The van der Waals surface area contributed by atoms with Gasteiger partial charge in [-0.2, -0.15) is 0 Å². The summed E-state index contributed by atoms with van der Waals surface area (Å²) in [5.74, 6) is 0.773. The average Bonchev–Trinajstić information content (AvgIpc) is 2.22. The maximum Gasteiger partial charge on any atom is 0.0494 e. The summed E-state index contributed by atoms with van der Waals surface area (Å²) in [6.45, 7) is 10.2. The van der Waals surface area contributed by atoms with E-state index in [1.807, 2.05) is 0 Å². The van der Waals surface area contributed by atoms with Crippen LogP contribution in [0.15, 0.2) is 0 Å². The van der Waals surface area contributed by atoms with Crippen molar-refractivity contribution in [3.8, 4) is 0 Å². The molecule has 0 spiro atoms. The number of hydrogen-bond acceptors (Lipinski definition) is 1. The number of ether oxygens (including phenoxy) is 1. The van der Waals surface area contributed by atoms with Gasteiger partial charge in [-0.05, 0) is 12.3 Å². The molecule has 0 N–H and O–H groups in total. The molecule has 0 rings (SSSR count). The first-order valence-electron chi connectivity index (χ1n) is 6.22. The van der Waals surface area contributed by atoms with E-state index in [4.69, 9.17) is 4.74 Å². The van der Waals surface area contributed by atoms with E-state index in [9.17, 15) is 0 Å². The maximum absolute atomic E-state index is 5.64. The Morgan fingerprint density at radius 1 is 1.00 bits per heavy atom. The minimum atomic E-state index is 0.773. The third-order valence-corrected chi connectivity index (χ3v) is 2.80. The van der Waals surface area contributed by atoms with Crippen molar-refractivity contribution in [1.82, 2.24) is 0 Å². The van der Waals surface area contributed by atoms with Crippen molar-refractivity contribution in [2.24, 2.45) is 5.92 Å². The Hall–Kier alpha value is -0.0400. The van der Waals surface area contributed by atoms with Crippen LogP contribution in [0.3, 0.4) is 0 Å². The first-order valence-corrected chi connectivity index (χ1v) is 6.22. The molecule has 1 radical (unpaired) electrons. The van der Waals surface area contributed by atoms with Crippen molar-refractivity contribution < 1.29 is 4.74 Å². The quantitative estimate of drug-likeness (QED) is 0.479. The van der Waals surface area contributed by atoms with E-state index >= 15 is 0 Å². The summed E-state index contributed by atoms with van der Waals surface area (Å²) in [4.78, 5) is 0. The van der Waals surface area contributed by atoms with Crippen LogP contribution in [-0.2, 0) is 4.74 Å². The Labute approximate surface area is 90.2 Å². The number of hydrogen-bond donors (Lipinski definition) is 0. The van der Waals surface area contributed by atoms with Gasteiger partial charge in [-0.3, -0.25) is 0 Å². The van der Waals surface area contributed by atoms with Crippen molar-refractivity contribution in [3.05, 3.63) is 6.92 Å². The summed E-state index contributed by atoms with van der Waals surface area (Å²) in [6, 6.07) is 0. The average molecular weight is 199 g/mol. The van der Waals surface area contributed by atoms with Crippen molar-refractivity contribution in [3.63, 3.8) is 0 Å². The topological polar surface area (TPSA) is 9.23 Å². The minimum absolute atomic E-state index is 0.773. The molecule has 0 aromatic heterocycles. The first kappa shape index (κ1) is 14.0. The zero-order valence-corrected chi connectivity index (χ0v) is 10.1. The molecule has 1 nitrogen and oxygen atoms in total. The van der Waals surface area contributed by atoms with Gasteiger partial charge in [0.2, 0.25) is 0 Å². The molecule has 0 bridgehead atoms. The van der Waals surface area contributed by atoms with Gasteiger partial charge in [0.1, 0.15) is 0 Å². The Bertz CT molecular complexity index is 97.4. The normalized spacial score (nSPS) is 11.1. The Morgan fingerprint density at radius 3 is 2.21 bits per heavy atom. The molecule has 0 aliphatic carbocycles. The fraction of sp³-hybridized carbons (Fsp3) is 0.923. The molecule has 0 aliphatic rings. The van der Waals surface area contributed by atoms with Crippen LogP contribution in [0.1, 0.15) is 58.8 Å². The lowest BCUT2D eigenvalue weighted by atomic mass is 10.1.